The number of halogens is 1. The molecule has 2 N–H and O–H groups in total. The molecular formula is C20H17FN4O. The van der Waals surface area contributed by atoms with E-state index in [0.717, 1.165) is 17.0 Å². The molecule has 0 unspecified atom stereocenters. The molecule has 0 saturated carbocycles. The summed E-state index contributed by atoms with van der Waals surface area (Å²) in [5.74, 6) is 0.539. The maximum absolute atomic E-state index is 13.1. The highest BCUT2D eigenvalue weighted by Crippen LogP contribution is 2.34. The van der Waals surface area contributed by atoms with E-state index in [0.29, 0.717) is 23.5 Å². The zero-order chi connectivity index (χ0) is 18.1. The van der Waals surface area contributed by atoms with Gasteiger partial charge in [0.15, 0.2) is 0 Å². The third-order valence-electron chi connectivity index (χ3n) is 4.17. The minimum atomic E-state index is -0.367. The zero-order valence-corrected chi connectivity index (χ0v) is 14.1. The Morgan fingerprint density at radius 3 is 2.77 bits per heavy atom. The first-order valence-corrected chi connectivity index (χ1v) is 8.23. The monoisotopic (exact) mass is 348 g/mol. The first kappa shape index (κ1) is 16.1. The van der Waals surface area contributed by atoms with Crippen LogP contribution in [0.4, 0.5) is 10.2 Å². The molecule has 4 rings (SSSR count). The van der Waals surface area contributed by atoms with Crippen molar-refractivity contribution >= 4 is 11.5 Å². The second-order valence-electron chi connectivity index (χ2n) is 6.08. The zero-order valence-electron chi connectivity index (χ0n) is 14.1. The molecule has 130 valence electrons. The summed E-state index contributed by atoms with van der Waals surface area (Å²) < 4.78 is 15.0. The standard InChI is InChI=1S/C20H17FN4O/c1-13-8-9-25-18(10-13)24-19(16-4-2-3-5-17(16)26)20(25)23-12-15-7-6-14(21)11-22-15/h2-11,23,26H,12H2,1H3. The van der Waals surface area contributed by atoms with Gasteiger partial charge in [-0.2, -0.15) is 0 Å². The minimum absolute atomic E-state index is 0.163. The molecule has 0 atom stereocenters. The number of hydrogen-bond acceptors (Lipinski definition) is 4. The van der Waals surface area contributed by atoms with Crippen LogP contribution in [0.1, 0.15) is 11.3 Å². The highest BCUT2D eigenvalue weighted by Gasteiger charge is 2.16. The van der Waals surface area contributed by atoms with Gasteiger partial charge in [0.2, 0.25) is 0 Å². The number of phenolic OH excluding ortho intramolecular Hbond substituents is 1. The summed E-state index contributed by atoms with van der Waals surface area (Å²) in [5, 5.41) is 13.6. The van der Waals surface area contributed by atoms with Crippen LogP contribution >= 0.6 is 0 Å². The van der Waals surface area contributed by atoms with Crippen molar-refractivity contribution in [2.75, 3.05) is 5.32 Å². The molecule has 0 bridgehead atoms. The molecule has 1 aromatic carbocycles. The molecule has 3 heterocycles. The summed E-state index contributed by atoms with van der Waals surface area (Å²) in [4.78, 5) is 8.77. The predicted octanol–water partition coefficient (Wildman–Crippen LogP) is 4.16. The molecule has 0 aliphatic rings. The molecular weight excluding hydrogens is 331 g/mol. The summed E-state index contributed by atoms with van der Waals surface area (Å²) in [7, 11) is 0. The second kappa shape index (κ2) is 6.48. The van der Waals surface area contributed by atoms with Crippen LogP contribution in [0.3, 0.4) is 0 Å². The van der Waals surface area contributed by atoms with Crippen molar-refractivity contribution in [2.24, 2.45) is 0 Å². The number of fused-ring (bicyclic) bond motifs is 1. The van der Waals surface area contributed by atoms with Gasteiger partial charge in [-0.15, -0.1) is 0 Å². The van der Waals surface area contributed by atoms with E-state index in [1.165, 1.54) is 12.3 Å². The Labute approximate surface area is 149 Å². The van der Waals surface area contributed by atoms with Gasteiger partial charge in [0.05, 0.1) is 18.4 Å². The quantitative estimate of drug-likeness (QED) is 0.581. The number of hydrogen-bond donors (Lipinski definition) is 2. The maximum Gasteiger partial charge on any atom is 0.141 e. The van der Waals surface area contributed by atoms with Crippen LogP contribution < -0.4 is 5.32 Å². The largest absolute Gasteiger partial charge is 0.507 e. The molecule has 0 saturated heterocycles. The summed E-state index contributed by atoms with van der Waals surface area (Å²) >= 11 is 0. The van der Waals surface area contributed by atoms with Crippen molar-refractivity contribution in [3.8, 4) is 17.0 Å². The van der Waals surface area contributed by atoms with E-state index in [1.807, 2.05) is 41.8 Å². The van der Waals surface area contributed by atoms with Crippen LogP contribution in [0.2, 0.25) is 0 Å². The SMILES string of the molecule is Cc1ccn2c(NCc3ccc(F)cn3)c(-c3ccccc3O)nc2c1. The number of nitrogens with one attached hydrogen (secondary N) is 1. The number of imidazole rings is 1. The van der Waals surface area contributed by atoms with Crippen LogP contribution in [0.5, 0.6) is 5.75 Å². The van der Waals surface area contributed by atoms with E-state index in [1.54, 1.807) is 18.2 Å². The van der Waals surface area contributed by atoms with Crippen molar-refractivity contribution in [3.63, 3.8) is 0 Å². The molecule has 0 aliphatic carbocycles. The number of phenols is 1. The number of para-hydroxylation sites is 1. The van der Waals surface area contributed by atoms with Crippen LogP contribution in [0.15, 0.2) is 60.9 Å². The Morgan fingerprint density at radius 2 is 2.00 bits per heavy atom. The van der Waals surface area contributed by atoms with Crippen LogP contribution in [-0.2, 0) is 6.54 Å². The molecule has 0 fully saturated rings. The number of aromatic nitrogens is 3. The summed E-state index contributed by atoms with van der Waals surface area (Å²) in [6.45, 7) is 2.41. The number of anilines is 1. The van der Waals surface area contributed by atoms with E-state index in [2.05, 4.69) is 10.3 Å². The molecule has 26 heavy (non-hydrogen) atoms. The highest BCUT2D eigenvalue weighted by atomic mass is 19.1. The predicted molar refractivity (Wildman–Crippen MR) is 98.6 cm³/mol. The van der Waals surface area contributed by atoms with E-state index in [4.69, 9.17) is 4.98 Å². The van der Waals surface area contributed by atoms with Crippen molar-refractivity contribution in [3.05, 3.63) is 78.0 Å². The summed E-state index contributed by atoms with van der Waals surface area (Å²) in [5.41, 5.74) is 3.87. The van der Waals surface area contributed by atoms with E-state index >= 15 is 0 Å². The summed E-state index contributed by atoms with van der Waals surface area (Å²) in [6.07, 6.45) is 3.13. The molecule has 0 aliphatic heterocycles. The number of rotatable bonds is 4. The lowest BCUT2D eigenvalue weighted by molar-refractivity contribution is 0.477. The Kier molecular flexibility index (Phi) is 4.01. The third-order valence-corrected chi connectivity index (χ3v) is 4.17. The van der Waals surface area contributed by atoms with Gasteiger partial charge in [-0.1, -0.05) is 12.1 Å². The van der Waals surface area contributed by atoms with Gasteiger partial charge in [0.1, 0.15) is 28.7 Å². The van der Waals surface area contributed by atoms with Gasteiger partial charge in [-0.05, 0) is 48.9 Å². The highest BCUT2D eigenvalue weighted by molar-refractivity contribution is 5.80. The molecule has 6 heteroatoms. The fraction of sp³-hybridized carbons (Fsp3) is 0.100. The van der Waals surface area contributed by atoms with Crippen LogP contribution in [0.25, 0.3) is 16.9 Å². The average molecular weight is 348 g/mol. The molecule has 0 amide bonds. The van der Waals surface area contributed by atoms with E-state index < -0.39 is 0 Å². The Bertz CT molecular complexity index is 1070. The average Bonchev–Trinajstić information content (AvgIpc) is 2.99. The lowest BCUT2D eigenvalue weighted by Crippen LogP contribution is -2.05. The smallest absolute Gasteiger partial charge is 0.141 e. The fourth-order valence-electron chi connectivity index (χ4n) is 2.86. The van der Waals surface area contributed by atoms with E-state index in [9.17, 15) is 9.50 Å². The Balaban J connectivity index is 1.79. The first-order valence-electron chi connectivity index (χ1n) is 8.23. The number of nitrogens with zero attached hydrogens (tertiary/aromatic N) is 3. The number of aromatic hydroxyl groups is 1. The second-order valence-corrected chi connectivity index (χ2v) is 6.08. The van der Waals surface area contributed by atoms with Gasteiger partial charge < -0.3 is 10.4 Å². The van der Waals surface area contributed by atoms with Gasteiger partial charge in [-0.3, -0.25) is 9.38 Å². The molecule has 5 nitrogen and oxygen atoms in total. The first-order chi connectivity index (χ1) is 12.6. The Morgan fingerprint density at radius 1 is 1.15 bits per heavy atom. The van der Waals surface area contributed by atoms with Crippen molar-refractivity contribution < 1.29 is 9.50 Å². The van der Waals surface area contributed by atoms with Crippen molar-refractivity contribution in [1.82, 2.24) is 14.4 Å². The summed E-state index contributed by atoms with van der Waals surface area (Å²) in [6, 6.07) is 14.1. The van der Waals surface area contributed by atoms with Crippen molar-refractivity contribution in [1.29, 1.82) is 0 Å². The van der Waals surface area contributed by atoms with Gasteiger partial charge in [0.25, 0.3) is 0 Å². The molecule has 0 radical (unpaired) electrons. The lowest BCUT2D eigenvalue weighted by atomic mass is 10.1. The topological polar surface area (TPSA) is 62.5 Å². The normalized spacial score (nSPS) is 11.0. The molecule has 3 aromatic heterocycles. The number of aryl methyl sites for hydroxylation is 1. The van der Waals surface area contributed by atoms with Gasteiger partial charge in [0, 0.05) is 11.8 Å². The van der Waals surface area contributed by atoms with Crippen LogP contribution in [-0.4, -0.2) is 19.5 Å². The maximum atomic E-state index is 13.1. The minimum Gasteiger partial charge on any atom is -0.507 e. The van der Waals surface area contributed by atoms with Crippen LogP contribution in [0, 0.1) is 12.7 Å². The molecule has 0 spiro atoms. The van der Waals surface area contributed by atoms with Gasteiger partial charge >= 0.3 is 0 Å². The van der Waals surface area contributed by atoms with Gasteiger partial charge in [-0.25, -0.2) is 9.37 Å². The Hall–Kier alpha value is -3.41. The fourth-order valence-corrected chi connectivity index (χ4v) is 2.86. The number of benzene rings is 1. The van der Waals surface area contributed by atoms with Crippen molar-refractivity contribution in [2.45, 2.75) is 13.5 Å². The van der Waals surface area contributed by atoms with E-state index in [-0.39, 0.29) is 11.6 Å². The lowest BCUT2D eigenvalue weighted by Gasteiger charge is -2.09. The number of pyridine rings is 2. The third kappa shape index (κ3) is 2.97. The molecule has 4 aromatic rings.